The molecule has 2 aromatic carbocycles. The third kappa shape index (κ3) is 3.62. The zero-order chi connectivity index (χ0) is 18.0. The zero-order valence-corrected chi connectivity index (χ0v) is 14.9. The summed E-state index contributed by atoms with van der Waals surface area (Å²) in [5.41, 5.74) is 1.21. The first kappa shape index (κ1) is 17.3. The fourth-order valence-corrected chi connectivity index (χ4v) is 2.66. The minimum Gasteiger partial charge on any atom is -0.497 e. The third-order valence-electron chi connectivity index (χ3n) is 3.51. The molecule has 0 fully saturated rings. The van der Waals surface area contributed by atoms with Gasteiger partial charge in [-0.25, -0.2) is 9.79 Å². The van der Waals surface area contributed by atoms with Crippen LogP contribution >= 0.6 is 23.2 Å². The van der Waals surface area contributed by atoms with Crippen LogP contribution in [0.2, 0.25) is 10.0 Å². The lowest BCUT2D eigenvalue weighted by Gasteiger charge is -2.07. The molecule has 1 heterocycles. The molecule has 0 amide bonds. The molecule has 0 aromatic heterocycles. The van der Waals surface area contributed by atoms with Crippen molar-refractivity contribution in [1.82, 2.24) is 0 Å². The second kappa shape index (κ2) is 7.17. The third-order valence-corrected chi connectivity index (χ3v) is 4.07. The Hall–Kier alpha value is -2.50. The highest BCUT2D eigenvalue weighted by Gasteiger charge is 2.26. The normalized spacial score (nSPS) is 15.1. The number of rotatable bonds is 4. The molecule has 0 aliphatic carbocycles. The van der Waals surface area contributed by atoms with Crippen molar-refractivity contribution in [3.8, 4) is 11.5 Å². The molecule has 0 N–H and O–H groups in total. The highest BCUT2D eigenvalue weighted by atomic mass is 35.5. The van der Waals surface area contributed by atoms with Crippen molar-refractivity contribution in [2.75, 3.05) is 14.2 Å². The lowest BCUT2D eigenvalue weighted by Crippen LogP contribution is -2.06. The van der Waals surface area contributed by atoms with Crippen LogP contribution < -0.4 is 9.47 Å². The van der Waals surface area contributed by atoms with Crippen LogP contribution in [0, 0.1) is 0 Å². The van der Waals surface area contributed by atoms with Crippen LogP contribution in [0.25, 0.3) is 6.08 Å². The monoisotopic (exact) mass is 377 g/mol. The molecule has 0 radical (unpaired) electrons. The lowest BCUT2D eigenvalue weighted by molar-refractivity contribution is -0.129. The molecular weight excluding hydrogens is 365 g/mol. The van der Waals surface area contributed by atoms with Crippen molar-refractivity contribution in [2.45, 2.75) is 0 Å². The van der Waals surface area contributed by atoms with Gasteiger partial charge < -0.3 is 14.2 Å². The first-order valence-corrected chi connectivity index (χ1v) is 7.97. The predicted molar refractivity (Wildman–Crippen MR) is 96.6 cm³/mol. The van der Waals surface area contributed by atoms with Crippen LogP contribution in [0.3, 0.4) is 0 Å². The topological polar surface area (TPSA) is 57.1 Å². The molecule has 0 bridgehead atoms. The SMILES string of the molecule is COc1ccc(OC)c(C=C2N=C(c3cc(Cl)ccc3Cl)OC2=O)c1. The number of benzene rings is 2. The number of aliphatic imine (C=N–C) groups is 1. The summed E-state index contributed by atoms with van der Waals surface area (Å²) in [4.78, 5) is 16.4. The van der Waals surface area contributed by atoms with Crippen molar-refractivity contribution in [1.29, 1.82) is 0 Å². The Morgan fingerprint density at radius 3 is 2.60 bits per heavy atom. The first-order chi connectivity index (χ1) is 12.0. The summed E-state index contributed by atoms with van der Waals surface area (Å²) < 4.78 is 15.7. The number of esters is 1. The maximum atomic E-state index is 12.2. The van der Waals surface area contributed by atoms with Gasteiger partial charge in [-0.1, -0.05) is 23.2 Å². The van der Waals surface area contributed by atoms with Crippen LogP contribution in [0.15, 0.2) is 47.1 Å². The van der Waals surface area contributed by atoms with E-state index in [9.17, 15) is 4.79 Å². The summed E-state index contributed by atoms with van der Waals surface area (Å²) in [5, 5.41) is 0.848. The van der Waals surface area contributed by atoms with Crippen molar-refractivity contribution in [3.05, 3.63) is 63.3 Å². The van der Waals surface area contributed by atoms with E-state index < -0.39 is 5.97 Å². The van der Waals surface area contributed by atoms with E-state index >= 15 is 0 Å². The van der Waals surface area contributed by atoms with E-state index in [0.717, 1.165) is 0 Å². The number of hydrogen-bond acceptors (Lipinski definition) is 5. The molecule has 0 spiro atoms. The van der Waals surface area contributed by atoms with E-state index in [0.29, 0.717) is 32.7 Å². The fourth-order valence-electron chi connectivity index (χ4n) is 2.29. The minimum absolute atomic E-state index is 0.102. The van der Waals surface area contributed by atoms with E-state index in [2.05, 4.69) is 4.99 Å². The van der Waals surface area contributed by atoms with E-state index in [-0.39, 0.29) is 11.6 Å². The van der Waals surface area contributed by atoms with Crippen LogP contribution in [0.4, 0.5) is 0 Å². The highest BCUT2D eigenvalue weighted by molar-refractivity contribution is 6.36. The molecule has 0 saturated heterocycles. The second-order valence-electron chi connectivity index (χ2n) is 5.07. The van der Waals surface area contributed by atoms with Gasteiger partial charge in [-0.15, -0.1) is 0 Å². The Morgan fingerprint density at radius 1 is 1.08 bits per heavy atom. The number of halogens is 2. The molecule has 128 valence electrons. The van der Waals surface area contributed by atoms with Gasteiger partial charge in [-0.2, -0.15) is 0 Å². The van der Waals surface area contributed by atoms with E-state index in [1.54, 1.807) is 49.6 Å². The van der Waals surface area contributed by atoms with Crippen molar-refractivity contribution < 1.29 is 19.0 Å². The van der Waals surface area contributed by atoms with Crippen LogP contribution in [-0.2, 0) is 9.53 Å². The smallest absolute Gasteiger partial charge is 0.363 e. The maximum Gasteiger partial charge on any atom is 0.363 e. The molecule has 1 aliphatic rings. The Kier molecular flexibility index (Phi) is 4.97. The molecule has 0 atom stereocenters. The molecule has 3 rings (SSSR count). The number of ether oxygens (including phenoxy) is 3. The molecule has 25 heavy (non-hydrogen) atoms. The second-order valence-corrected chi connectivity index (χ2v) is 5.91. The number of hydrogen-bond donors (Lipinski definition) is 0. The van der Waals surface area contributed by atoms with Gasteiger partial charge in [-0.3, -0.25) is 0 Å². The lowest BCUT2D eigenvalue weighted by atomic mass is 10.1. The summed E-state index contributed by atoms with van der Waals surface area (Å²) in [6.45, 7) is 0. The number of cyclic esters (lactones) is 1. The Balaban J connectivity index is 2.03. The number of methoxy groups -OCH3 is 2. The van der Waals surface area contributed by atoms with Gasteiger partial charge in [0.25, 0.3) is 0 Å². The highest BCUT2D eigenvalue weighted by Crippen LogP contribution is 2.29. The van der Waals surface area contributed by atoms with E-state index in [1.807, 2.05) is 0 Å². The van der Waals surface area contributed by atoms with Crippen molar-refractivity contribution in [2.24, 2.45) is 4.99 Å². The summed E-state index contributed by atoms with van der Waals surface area (Å²) in [6.07, 6.45) is 1.56. The molecule has 1 aliphatic heterocycles. The number of nitrogens with zero attached hydrogens (tertiary/aromatic N) is 1. The Morgan fingerprint density at radius 2 is 1.88 bits per heavy atom. The average molecular weight is 378 g/mol. The van der Waals surface area contributed by atoms with Crippen LogP contribution in [0.5, 0.6) is 11.5 Å². The van der Waals surface area contributed by atoms with Gasteiger partial charge in [0.1, 0.15) is 11.5 Å². The predicted octanol–water partition coefficient (Wildman–Crippen LogP) is 4.36. The van der Waals surface area contributed by atoms with Crippen molar-refractivity contribution >= 4 is 41.1 Å². The van der Waals surface area contributed by atoms with Gasteiger partial charge in [0, 0.05) is 10.6 Å². The summed E-state index contributed by atoms with van der Waals surface area (Å²) in [6, 6.07) is 10.1. The summed E-state index contributed by atoms with van der Waals surface area (Å²) in [5.74, 6) is 0.716. The summed E-state index contributed by atoms with van der Waals surface area (Å²) in [7, 11) is 3.09. The molecular formula is C18H13Cl2NO4. The Bertz CT molecular complexity index is 906. The van der Waals surface area contributed by atoms with Crippen molar-refractivity contribution in [3.63, 3.8) is 0 Å². The summed E-state index contributed by atoms with van der Waals surface area (Å²) >= 11 is 12.1. The zero-order valence-electron chi connectivity index (χ0n) is 13.4. The van der Waals surface area contributed by atoms with Gasteiger partial charge in [-0.05, 0) is 42.5 Å². The fraction of sp³-hybridized carbons (Fsp3) is 0.111. The Labute approximate surface area is 154 Å². The molecule has 0 unspecified atom stereocenters. The molecule has 2 aromatic rings. The first-order valence-electron chi connectivity index (χ1n) is 7.22. The van der Waals surface area contributed by atoms with Gasteiger partial charge >= 0.3 is 5.97 Å². The largest absolute Gasteiger partial charge is 0.497 e. The number of carbonyl (C=O) groups is 1. The quantitative estimate of drug-likeness (QED) is 0.586. The average Bonchev–Trinajstić information content (AvgIpc) is 2.97. The molecule has 5 nitrogen and oxygen atoms in total. The minimum atomic E-state index is -0.587. The van der Waals surface area contributed by atoms with Gasteiger partial charge in [0.05, 0.1) is 24.8 Å². The van der Waals surface area contributed by atoms with E-state index in [4.69, 9.17) is 37.4 Å². The standard InChI is InChI=1S/C18H13Cl2NO4/c1-23-12-4-6-16(24-2)10(7-12)8-15-18(22)25-17(21-15)13-9-11(19)3-5-14(13)20/h3-9H,1-2H3. The van der Waals surface area contributed by atoms with Crippen LogP contribution in [0.1, 0.15) is 11.1 Å². The number of carbonyl (C=O) groups excluding carboxylic acids is 1. The maximum absolute atomic E-state index is 12.2. The molecule has 0 saturated carbocycles. The van der Waals surface area contributed by atoms with Gasteiger partial charge in [0.2, 0.25) is 5.90 Å². The van der Waals surface area contributed by atoms with Gasteiger partial charge in [0.15, 0.2) is 5.70 Å². The van der Waals surface area contributed by atoms with Crippen LogP contribution in [-0.4, -0.2) is 26.1 Å². The van der Waals surface area contributed by atoms with E-state index in [1.165, 1.54) is 7.11 Å². The molecule has 7 heteroatoms.